The Balaban J connectivity index is 1.87. The molecule has 156 valence electrons. The van der Waals surface area contributed by atoms with Crippen molar-refractivity contribution < 1.29 is 18.8 Å². The molecule has 2 atom stereocenters. The number of nitrogens with one attached hydrogen (secondary N) is 2. The van der Waals surface area contributed by atoms with Gasteiger partial charge in [-0.05, 0) is 49.2 Å². The minimum absolute atomic E-state index is 0.0959. The van der Waals surface area contributed by atoms with Crippen LogP contribution in [0.15, 0.2) is 66.7 Å². The second-order valence-corrected chi connectivity index (χ2v) is 7.64. The molecule has 0 saturated heterocycles. The zero-order chi connectivity index (χ0) is 21.7. The quantitative estimate of drug-likeness (QED) is 0.625. The SMILES string of the molecule is COc1ccc(C[NH+](C)[C@@H](C(=O)Nc2cc(C)ccc2C)c2ccccc2)cc1F. The number of halogens is 1. The van der Waals surface area contributed by atoms with Gasteiger partial charge in [0.1, 0.15) is 6.54 Å². The number of benzene rings is 3. The van der Waals surface area contributed by atoms with Crippen LogP contribution in [-0.2, 0) is 11.3 Å². The van der Waals surface area contributed by atoms with E-state index in [1.807, 2.05) is 75.5 Å². The number of carbonyl (C=O) groups is 1. The topological polar surface area (TPSA) is 42.8 Å². The van der Waals surface area contributed by atoms with Gasteiger partial charge in [-0.3, -0.25) is 4.79 Å². The molecular formula is C25H28FN2O2+. The molecule has 0 heterocycles. The predicted molar refractivity (Wildman–Crippen MR) is 117 cm³/mol. The number of likely N-dealkylation sites (N-methyl/N-ethyl adjacent to an activating group) is 1. The number of anilines is 1. The Labute approximate surface area is 177 Å². The molecule has 3 rings (SSSR count). The Hall–Kier alpha value is -3.18. The smallest absolute Gasteiger partial charge is 0.287 e. The molecule has 0 saturated carbocycles. The first-order valence-corrected chi connectivity index (χ1v) is 9.97. The average molecular weight is 408 g/mol. The van der Waals surface area contributed by atoms with Crippen molar-refractivity contribution in [2.24, 2.45) is 0 Å². The van der Waals surface area contributed by atoms with Crippen LogP contribution in [0, 0.1) is 19.7 Å². The highest BCUT2D eigenvalue weighted by Gasteiger charge is 2.29. The van der Waals surface area contributed by atoms with Gasteiger partial charge in [0.15, 0.2) is 17.6 Å². The van der Waals surface area contributed by atoms with Crippen LogP contribution >= 0.6 is 0 Å². The average Bonchev–Trinajstić information content (AvgIpc) is 2.72. The maximum Gasteiger partial charge on any atom is 0.287 e. The molecule has 1 unspecified atom stereocenters. The minimum atomic E-state index is -0.448. The van der Waals surface area contributed by atoms with Crippen molar-refractivity contribution in [3.63, 3.8) is 0 Å². The van der Waals surface area contributed by atoms with E-state index in [0.717, 1.165) is 32.8 Å². The number of quaternary nitrogens is 1. The number of ether oxygens (including phenoxy) is 1. The van der Waals surface area contributed by atoms with E-state index < -0.39 is 11.9 Å². The van der Waals surface area contributed by atoms with Crippen LogP contribution in [0.5, 0.6) is 5.75 Å². The molecule has 2 N–H and O–H groups in total. The summed E-state index contributed by atoms with van der Waals surface area (Å²) in [6.45, 7) is 4.46. The third-order valence-corrected chi connectivity index (χ3v) is 5.24. The van der Waals surface area contributed by atoms with Crippen LogP contribution in [0.25, 0.3) is 0 Å². The van der Waals surface area contributed by atoms with Gasteiger partial charge in [0.05, 0.1) is 14.2 Å². The minimum Gasteiger partial charge on any atom is -0.494 e. The molecule has 3 aromatic carbocycles. The standard InChI is InChI=1S/C25H27FN2O2/c1-17-10-11-18(2)22(14-17)27-25(29)24(20-8-6-5-7-9-20)28(3)16-19-12-13-23(30-4)21(26)15-19/h5-15,24H,16H2,1-4H3,(H,27,29)/p+1/t24-/m1/s1. The fourth-order valence-electron chi connectivity index (χ4n) is 3.62. The van der Waals surface area contributed by atoms with Crippen molar-refractivity contribution in [2.75, 3.05) is 19.5 Å². The Bertz CT molecular complexity index is 1020. The van der Waals surface area contributed by atoms with E-state index >= 15 is 0 Å². The van der Waals surface area contributed by atoms with Crippen LogP contribution in [0.2, 0.25) is 0 Å². The molecular weight excluding hydrogens is 379 g/mol. The predicted octanol–water partition coefficient (Wildman–Crippen LogP) is 3.85. The summed E-state index contributed by atoms with van der Waals surface area (Å²) in [6.07, 6.45) is 0. The summed E-state index contributed by atoms with van der Waals surface area (Å²) in [5.41, 5.74) is 4.61. The van der Waals surface area contributed by atoms with Gasteiger partial charge in [-0.2, -0.15) is 0 Å². The highest BCUT2D eigenvalue weighted by molar-refractivity contribution is 5.95. The molecule has 0 radical (unpaired) electrons. The largest absolute Gasteiger partial charge is 0.494 e. The number of rotatable bonds is 7. The van der Waals surface area contributed by atoms with Gasteiger partial charge in [-0.1, -0.05) is 42.5 Å². The van der Waals surface area contributed by atoms with E-state index in [0.29, 0.717) is 6.54 Å². The number of hydrogen-bond acceptors (Lipinski definition) is 2. The Morgan fingerprint density at radius 3 is 2.47 bits per heavy atom. The highest BCUT2D eigenvalue weighted by atomic mass is 19.1. The van der Waals surface area contributed by atoms with E-state index in [4.69, 9.17) is 4.74 Å². The first kappa shape index (κ1) is 21.5. The zero-order valence-electron chi connectivity index (χ0n) is 17.8. The maximum absolute atomic E-state index is 14.1. The first-order valence-electron chi connectivity index (χ1n) is 9.97. The zero-order valence-corrected chi connectivity index (χ0v) is 17.8. The Kier molecular flexibility index (Phi) is 6.85. The van der Waals surface area contributed by atoms with Crippen molar-refractivity contribution in [2.45, 2.75) is 26.4 Å². The summed E-state index contributed by atoms with van der Waals surface area (Å²) in [5, 5.41) is 3.09. The Morgan fingerprint density at radius 1 is 1.07 bits per heavy atom. The number of hydrogen-bond donors (Lipinski definition) is 2. The summed E-state index contributed by atoms with van der Waals surface area (Å²) in [7, 11) is 3.39. The number of carbonyl (C=O) groups excluding carboxylic acids is 1. The van der Waals surface area contributed by atoms with Crippen molar-refractivity contribution in [1.29, 1.82) is 0 Å². The van der Waals surface area contributed by atoms with Crippen molar-refractivity contribution in [3.8, 4) is 5.75 Å². The van der Waals surface area contributed by atoms with E-state index in [2.05, 4.69) is 5.32 Å². The van der Waals surface area contributed by atoms with Crippen LogP contribution in [-0.4, -0.2) is 20.1 Å². The summed E-state index contributed by atoms with van der Waals surface area (Å²) >= 11 is 0. The third kappa shape index (κ3) is 5.05. The molecule has 1 amide bonds. The normalized spacial score (nSPS) is 12.8. The van der Waals surface area contributed by atoms with E-state index in [1.165, 1.54) is 13.2 Å². The summed E-state index contributed by atoms with van der Waals surface area (Å²) in [6, 6.07) is 20.1. The second-order valence-electron chi connectivity index (χ2n) is 7.64. The van der Waals surface area contributed by atoms with Crippen molar-refractivity contribution >= 4 is 11.6 Å². The molecule has 0 aliphatic rings. The summed E-state index contributed by atoms with van der Waals surface area (Å²) in [5.74, 6) is -0.288. The van der Waals surface area contributed by atoms with E-state index in [1.54, 1.807) is 6.07 Å². The van der Waals surface area contributed by atoms with Gasteiger partial charge in [0.25, 0.3) is 5.91 Å². The summed E-state index contributed by atoms with van der Waals surface area (Å²) in [4.78, 5) is 14.3. The Morgan fingerprint density at radius 2 is 1.80 bits per heavy atom. The van der Waals surface area contributed by atoms with E-state index in [9.17, 15) is 9.18 Å². The van der Waals surface area contributed by atoms with Crippen LogP contribution in [0.1, 0.15) is 28.3 Å². The number of aryl methyl sites for hydroxylation is 2. The molecule has 30 heavy (non-hydrogen) atoms. The monoisotopic (exact) mass is 407 g/mol. The molecule has 0 aromatic heterocycles. The molecule has 0 aliphatic carbocycles. The van der Waals surface area contributed by atoms with Crippen LogP contribution in [0.4, 0.5) is 10.1 Å². The molecule has 0 aliphatic heterocycles. The molecule has 4 nitrogen and oxygen atoms in total. The van der Waals surface area contributed by atoms with Gasteiger partial charge >= 0.3 is 0 Å². The van der Waals surface area contributed by atoms with Gasteiger partial charge in [0.2, 0.25) is 0 Å². The lowest BCUT2D eigenvalue weighted by Crippen LogP contribution is -3.09. The lowest BCUT2D eigenvalue weighted by atomic mass is 10.0. The van der Waals surface area contributed by atoms with Gasteiger partial charge in [-0.25, -0.2) is 4.39 Å². The molecule has 0 fully saturated rings. The molecule has 5 heteroatoms. The van der Waals surface area contributed by atoms with Crippen LogP contribution in [0.3, 0.4) is 0 Å². The van der Waals surface area contributed by atoms with Crippen LogP contribution < -0.4 is 15.0 Å². The summed E-state index contributed by atoms with van der Waals surface area (Å²) < 4.78 is 19.1. The molecule has 3 aromatic rings. The maximum atomic E-state index is 14.1. The van der Waals surface area contributed by atoms with E-state index in [-0.39, 0.29) is 11.7 Å². The highest BCUT2D eigenvalue weighted by Crippen LogP contribution is 2.20. The lowest BCUT2D eigenvalue weighted by Gasteiger charge is -2.25. The van der Waals surface area contributed by atoms with Crippen molar-refractivity contribution in [1.82, 2.24) is 0 Å². The second kappa shape index (κ2) is 9.55. The molecule has 0 spiro atoms. The number of methoxy groups -OCH3 is 1. The van der Waals surface area contributed by atoms with Crippen molar-refractivity contribution in [3.05, 3.63) is 94.8 Å². The van der Waals surface area contributed by atoms with Gasteiger partial charge in [-0.15, -0.1) is 0 Å². The fraction of sp³-hybridized carbons (Fsp3) is 0.240. The third-order valence-electron chi connectivity index (χ3n) is 5.24. The van der Waals surface area contributed by atoms with Gasteiger partial charge in [0, 0.05) is 16.8 Å². The first-order chi connectivity index (χ1) is 14.4. The fourth-order valence-corrected chi connectivity index (χ4v) is 3.62. The molecule has 0 bridgehead atoms. The van der Waals surface area contributed by atoms with Gasteiger partial charge < -0.3 is 15.0 Å². The lowest BCUT2D eigenvalue weighted by molar-refractivity contribution is -0.915. The number of amides is 1.